The van der Waals surface area contributed by atoms with Gasteiger partial charge in [-0.05, 0) is 37.8 Å². The van der Waals surface area contributed by atoms with Crippen molar-refractivity contribution in [3.05, 3.63) is 35.9 Å². The Kier molecular flexibility index (Phi) is 13.4. The Hall–Kier alpha value is -3.16. The average molecular weight is 512 g/mol. The van der Waals surface area contributed by atoms with Gasteiger partial charge >= 0.3 is 11.9 Å². The molecule has 0 aliphatic rings. The maximum atomic E-state index is 12.9. The Bertz CT molecular complexity index is 871. The van der Waals surface area contributed by atoms with Gasteiger partial charge in [0.1, 0.15) is 18.1 Å². The van der Waals surface area contributed by atoms with Gasteiger partial charge in [0.15, 0.2) is 0 Å². The number of carbonyl (C=O) groups is 5. The number of carbonyl (C=O) groups excluding carboxylic acids is 3. The number of rotatable bonds is 16. The van der Waals surface area contributed by atoms with Gasteiger partial charge < -0.3 is 37.6 Å². The molecule has 0 aliphatic carbocycles. The normalized spacial score (nSPS) is 14.1. The summed E-state index contributed by atoms with van der Waals surface area (Å²) in [6.07, 6.45) is 0.512. The number of unbranched alkanes of at least 4 members (excludes halogenated alkanes) is 1. The number of amides is 3. The summed E-state index contributed by atoms with van der Waals surface area (Å²) in [6.45, 7) is 0.341. The molecule has 1 aromatic carbocycles. The van der Waals surface area contributed by atoms with E-state index < -0.39 is 60.2 Å². The average Bonchev–Trinajstić information content (AvgIpc) is 2.81. The van der Waals surface area contributed by atoms with E-state index in [0.717, 1.165) is 5.56 Å². The molecule has 4 atom stereocenters. The number of hydrogen-bond acceptors (Lipinski definition) is 8. The van der Waals surface area contributed by atoms with Gasteiger partial charge in [0, 0.05) is 5.75 Å². The van der Waals surface area contributed by atoms with Crippen molar-refractivity contribution < 1.29 is 34.2 Å². The molecule has 35 heavy (non-hydrogen) atoms. The number of aliphatic carboxylic acids is 2. The molecule has 0 aliphatic heterocycles. The first-order valence-electron chi connectivity index (χ1n) is 11.0. The second-order valence-electron chi connectivity index (χ2n) is 7.88. The van der Waals surface area contributed by atoms with Crippen LogP contribution in [0, 0.1) is 0 Å². The maximum Gasteiger partial charge on any atom is 0.327 e. The van der Waals surface area contributed by atoms with E-state index in [4.69, 9.17) is 16.6 Å². The predicted octanol–water partition coefficient (Wildman–Crippen LogP) is -1.37. The summed E-state index contributed by atoms with van der Waals surface area (Å²) in [4.78, 5) is 60.6. The van der Waals surface area contributed by atoms with Crippen molar-refractivity contribution in [2.24, 2.45) is 11.5 Å². The Morgan fingerprint density at radius 1 is 0.857 bits per heavy atom. The van der Waals surface area contributed by atoms with Gasteiger partial charge in [-0.3, -0.25) is 19.2 Å². The Morgan fingerprint density at radius 3 is 1.97 bits per heavy atom. The molecule has 9 N–H and O–H groups in total. The van der Waals surface area contributed by atoms with E-state index in [1.807, 2.05) is 0 Å². The summed E-state index contributed by atoms with van der Waals surface area (Å²) < 4.78 is 0. The SMILES string of the molecule is NCCCCC(NC(=O)C(CC(=O)O)NC(=O)C(N)Cc1ccccc1)C(=O)NC(CS)C(=O)O. The first kappa shape index (κ1) is 29.9. The minimum Gasteiger partial charge on any atom is -0.481 e. The second kappa shape index (κ2) is 15.7. The molecule has 1 rings (SSSR count). The van der Waals surface area contributed by atoms with Crippen LogP contribution < -0.4 is 27.4 Å². The van der Waals surface area contributed by atoms with Crippen LogP contribution in [-0.4, -0.2) is 76.3 Å². The van der Waals surface area contributed by atoms with E-state index in [9.17, 15) is 29.1 Å². The number of thiol groups is 1. The van der Waals surface area contributed by atoms with E-state index in [1.54, 1.807) is 30.3 Å². The van der Waals surface area contributed by atoms with Crippen molar-refractivity contribution in [3.63, 3.8) is 0 Å². The van der Waals surface area contributed by atoms with Crippen molar-refractivity contribution in [1.29, 1.82) is 0 Å². The fourth-order valence-corrected chi connectivity index (χ4v) is 3.36. The Labute approximate surface area is 208 Å². The van der Waals surface area contributed by atoms with Gasteiger partial charge in [-0.2, -0.15) is 12.6 Å². The zero-order valence-electron chi connectivity index (χ0n) is 19.2. The topological polar surface area (TPSA) is 214 Å². The van der Waals surface area contributed by atoms with Crippen molar-refractivity contribution in [3.8, 4) is 0 Å². The van der Waals surface area contributed by atoms with E-state index in [0.29, 0.717) is 19.4 Å². The molecule has 0 aromatic heterocycles. The summed E-state index contributed by atoms with van der Waals surface area (Å²) in [5.74, 6) is -5.27. The molecule has 12 nitrogen and oxygen atoms in total. The second-order valence-corrected chi connectivity index (χ2v) is 8.25. The first-order chi connectivity index (χ1) is 16.6. The zero-order valence-corrected chi connectivity index (χ0v) is 20.1. The molecular formula is C22H33N5O7S. The largest absolute Gasteiger partial charge is 0.481 e. The number of hydrogen-bond donors (Lipinski definition) is 8. The van der Waals surface area contributed by atoms with Crippen molar-refractivity contribution >= 4 is 42.3 Å². The molecule has 13 heteroatoms. The van der Waals surface area contributed by atoms with Crippen LogP contribution in [0.4, 0.5) is 0 Å². The van der Waals surface area contributed by atoms with Gasteiger partial charge in [-0.1, -0.05) is 30.3 Å². The van der Waals surface area contributed by atoms with Crippen LogP contribution in [0.1, 0.15) is 31.2 Å². The molecule has 0 radical (unpaired) electrons. The molecule has 4 unspecified atom stereocenters. The van der Waals surface area contributed by atoms with Crippen molar-refractivity contribution in [1.82, 2.24) is 16.0 Å². The van der Waals surface area contributed by atoms with E-state index in [2.05, 4.69) is 28.6 Å². The third kappa shape index (κ3) is 11.2. The standard InChI is InChI=1S/C22H33N5O7S/c23-9-5-4-8-15(20(31)27-17(12-35)22(33)34)25-21(32)16(11-18(28)29)26-19(30)14(24)10-13-6-2-1-3-7-13/h1-3,6-7,14-17,35H,4-5,8-12,23-24H2,(H,25,32)(H,26,30)(H,27,31)(H,28,29)(H,33,34). The fourth-order valence-electron chi connectivity index (χ4n) is 3.12. The van der Waals surface area contributed by atoms with Gasteiger partial charge in [-0.15, -0.1) is 0 Å². The van der Waals surface area contributed by atoms with Gasteiger partial charge in [-0.25, -0.2) is 4.79 Å². The highest BCUT2D eigenvalue weighted by atomic mass is 32.1. The molecular weight excluding hydrogens is 478 g/mol. The number of nitrogens with one attached hydrogen (secondary N) is 3. The van der Waals surface area contributed by atoms with E-state index >= 15 is 0 Å². The maximum absolute atomic E-state index is 12.9. The summed E-state index contributed by atoms with van der Waals surface area (Å²) in [5.41, 5.74) is 12.2. The van der Waals surface area contributed by atoms with Crippen LogP contribution in [0.3, 0.4) is 0 Å². The third-order valence-electron chi connectivity index (χ3n) is 5.02. The smallest absolute Gasteiger partial charge is 0.327 e. The molecule has 0 saturated carbocycles. The van der Waals surface area contributed by atoms with Crippen LogP contribution >= 0.6 is 12.6 Å². The lowest BCUT2D eigenvalue weighted by Crippen LogP contribution is -2.57. The van der Waals surface area contributed by atoms with Crippen LogP contribution in [-0.2, 0) is 30.4 Å². The molecule has 0 fully saturated rings. The summed E-state index contributed by atoms with van der Waals surface area (Å²) >= 11 is 3.89. The minimum absolute atomic E-state index is 0.120. The number of carboxylic acids is 2. The lowest BCUT2D eigenvalue weighted by Gasteiger charge is -2.24. The van der Waals surface area contributed by atoms with Crippen LogP contribution in [0.2, 0.25) is 0 Å². The van der Waals surface area contributed by atoms with Crippen molar-refractivity contribution in [2.45, 2.75) is 56.3 Å². The molecule has 0 spiro atoms. The van der Waals surface area contributed by atoms with Crippen molar-refractivity contribution in [2.75, 3.05) is 12.3 Å². The fraction of sp³-hybridized carbons (Fsp3) is 0.500. The highest BCUT2D eigenvalue weighted by Crippen LogP contribution is 2.06. The summed E-state index contributed by atoms with van der Waals surface area (Å²) in [7, 11) is 0. The minimum atomic E-state index is -1.51. The lowest BCUT2D eigenvalue weighted by molar-refractivity contribution is -0.142. The monoisotopic (exact) mass is 511 g/mol. The van der Waals surface area contributed by atoms with Crippen LogP contribution in [0.25, 0.3) is 0 Å². The molecule has 3 amide bonds. The summed E-state index contributed by atoms with van der Waals surface area (Å²) in [6, 6.07) is 3.88. The molecule has 194 valence electrons. The zero-order chi connectivity index (χ0) is 26.4. The highest BCUT2D eigenvalue weighted by Gasteiger charge is 2.31. The first-order valence-corrected chi connectivity index (χ1v) is 11.7. The molecule has 0 bridgehead atoms. The molecule has 1 aromatic rings. The number of carboxylic acid groups (broad SMARTS) is 2. The lowest BCUT2D eigenvalue weighted by atomic mass is 10.0. The quantitative estimate of drug-likeness (QED) is 0.0969. The number of benzene rings is 1. The molecule has 0 heterocycles. The van der Waals surface area contributed by atoms with Crippen LogP contribution in [0.5, 0.6) is 0 Å². The third-order valence-corrected chi connectivity index (χ3v) is 5.39. The Balaban J connectivity index is 2.93. The van der Waals surface area contributed by atoms with Gasteiger partial charge in [0.05, 0.1) is 12.5 Å². The van der Waals surface area contributed by atoms with Gasteiger partial charge in [0.2, 0.25) is 17.7 Å². The van der Waals surface area contributed by atoms with E-state index in [1.165, 1.54) is 0 Å². The predicted molar refractivity (Wildman–Crippen MR) is 131 cm³/mol. The Morgan fingerprint density at radius 2 is 1.43 bits per heavy atom. The number of nitrogens with two attached hydrogens (primary N) is 2. The van der Waals surface area contributed by atoms with Crippen LogP contribution in [0.15, 0.2) is 30.3 Å². The summed E-state index contributed by atoms with van der Waals surface area (Å²) in [5, 5.41) is 25.4. The highest BCUT2D eigenvalue weighted by molar-refractivity contribution is 7.80. The van der Waals surface area contributed by atoms with Gasteiger partial charge in [0.25, 0.3) is 0 Å². The molecule has 0 saturated heterocycles. The van der Waals surface area contributed by atoms with E-state index in [-0.39, 0.29) is 18.6 Å².